The summed E-state index contributed by atoms with van der Waals surface area (Å²) in [5, 5.41) is 0. The normalized spacial score (nSPS) is 14.7. The fraction of sp³-hybridized carbons (Fsp3) is 0.214. The van der Waals surface area contributed by atoms with Gasteiger partial charge in [0.25, 0.3) is 5.91 Å². The fourth-order valence-electron chi connectivity index (χ4n) is 4.34. The van der Waals surface area contributed by atoms with Gasteiger partial charge in [-0.2, -0.15) is 0 Å². The zero-order valence-electron chi connectivity index (χ0n) is 18.5. The topological polar surface area (TPSA) is 38.1 Å². The predicted molar refractivity (Wildman–Crippen MR) is 131 cm³/mol. The molecule has 1 amide bonds. The van der Waals surface area contributed by atoms with Crippen LogP contribution in [0.2, 0.25) is 0 Å². The molecule has 4 heteroatoms. The second-order valence-corrected chi connectivity index (χ2v) is 8.73. The Bertz CT molecular complexity index is 1300. The van der Waals surface area contributed by atoms with Gasteiger partial charge in [-0.05, 0) is 42.2 Å². The highest BCUT2D eigenvalue weighted by atomic mass is 16.2. The zero-order chi connectivity index (χ0) is 22.1. The molecule has 1 aliphatic rings. The number of hydrogen-bond acceptors (Lipinski definition) is 2. The molecular weight excluding hydrogens is 394 g/mol. The molecule has 0 saturated heterocycles. The van der Waals surface area contributed by atoms with Crippen molar-refractivity contribution in [2.45, 2.75) is 33.4 Å². The monoisotopic (exact) mass is 421 g/mol. The maximum Gasteiger partial charge on any atom is 0.259 e. The highest BCUT2D eigenvalue weighted by molar-refractivity contribution is 6.35. The van der Waals surface area contributed by atoms with Gasteiger partial charge in [-0.3, -0.25) is 4.79 Å². The molecule has 1 aliphatic heterocycles. The average molecular weight is 422 g/mol. The van der Waals surface area contributed by atoms with Gasteiger partial charge in [0, 0.05) is 17.7 Å². The summed E-state index contributed by atoms with van der Waals surface area (Å²) in [4.78, 5) is 20.4. The lowest BCUT2D eigenvalue weighted by Crippen LogP contribution is -2.27. The first kappa shape index (κ1) is 20.3. The first-order chi connectivity index (χ1) is 15.6. The van der Waals surface area contributed by atoms with E-state index in [9.17, 15) is 4.79 Å². The molecule has 3 aromatic carbocycles. The first-order valence-corrected chi connectivity index (χ1v) is 11.2. The van der Waals surface area contributed by atoms with Gasteiger partial charge in [-0.1, -0.05) is 74.5 Å². The number of aryl methyl sites for hydroxylation is 1. The van der Waals surface area contributed by atoms with Crippen LogP contribution in [0.25, 0.3) is 22.7 Å². The first-order valence-electron chi connectivity index (χ1n) is 11.2. The van der Waals surface area contributed by atoms with Crippen molar-refractivity contribution in [3.8, 4) is 0 Å². The summed E-state index contributed by atoms with van der Waals surface area (Å²) in [5.41, 5.74) is 5.79. The van der Waals surface area contributed by atoms with E-state index in [1.807, 2.05) is 77.7 Å². The smallest absolute Gasteiger partial charge is 0.259 e. The quantitative estimate of drug-likeness (QED) is 0.349. The second kappa shape index (κ2) is 8.46. The summed E-state index contributed by atoms with van der Waals surface area (Å²) >= 11 is 0. The number of imidazole rings is 1. The number of carbonyl (C=O) groups is 1. The number of nitrogens with zero attached hydrogens (tertiary/aromatic N) is 3. The molecule has 0 unspecified atom stereocenters. The van der Waals surface area contributed by atoms with E-state index in [2.05, 4.69) is 30.5 Å². The van der Waals surface area contributed by atoms with Crippen molar-refractivity contribution < 1.29 is 4.79 Å². The van der Waals surface area contributed by atoms with Crippen molar-refractivity contribution >= 4 is 34.3 Å². The summed E-state index contributed by atoms with van der Waals surface area (Å²) in [6.45, 7) is 5.82. The van der Waals surface area contributed by atoms with Crippen LogP contribution in [0.15, 0.2) is 78.9 Å². The number of para-hydroxylation sites is 3. The van der Waals surface area contributed by atoms with Crippen LogP contribution in [0, 0.1) is 5.92 Å². The third-order valence-corrected chi connectivity index (χ3v) is 6.03. The summed E-state index contributed by atoms with van der Waals surface area (Å²) in [6, 6.07) is 26.3. The van der Waals surface area contributed by atoms with Crippen LogP contribution in [0.5, 0.6) is 0 Å². The highest BCUT2D eigenvalue weighted by Gasteiger charge is 2.33. The minimum atomic E-state index is 0.0255. The lowest BCUT2D eigenvalue weighted by Gasteiger charge is -2.18. The molecule has 160 valence electrons. The van der Waals surface area contributed by atoms with Crippen LogP contribution in [-0.2, 0) is 17.9 Å². The van der Waals surface area contributed by atoms with Gasteiger partial charge in [0.1, 0.15) is 5.82 Å². The lowest BCUT2D eigenvalue weighted by atomic mass is 10.0. The lowest BCUT2D eigenvalue weighted by molar-refractivity contribution is -0.113. The number of hydrogen-bond donors (Lipinski definition) is 0. The molecule has 0 N–H and O–H groups in total. The Morgan fingerprint density at radius 1 is 0.906 bits per heavy atom. The SMILES string of the molecule is CC(C)CCn1c(CN2C(=O)C(=Cc3ccccc3)c3ccccc32)nc2ccccc21. The van der Waals surface area contributed by atoms with Crippen molar-refractivity contribution in [3.05, 3.63) is 95.8 Å². The summed E-state index contributed by atoms with van der Waals surface area (Å²) in [5.74, 6) is 1.55. The fourth-order valence-corrected chi connectivity index (χ4v) is 4.34. The van der Waals surface area contributed by atoms with Crippen LogP contribution >= 0.6 is 0 Å². The van der Waals surface area contributed by atoms with E-state index in [0.29, 0.717) is 12.5 Å². The standard InChI is InChI=1S/C28H27N3O/c1-20(2)16-17-30-26-15-9-7-13-24(26)29-27(30)19-31-25-14-8-6-12-22(25)23(28(31)32)18-21-10-4-3-5-11-21/h3-15,18,20H,16-17,19H2,1-2H3. The third kappa shape index (κ3) is 3.73. The minimum absolute atomic E-state index is 0.0255. The Labute approximate surface area is 188 Å². The van der Waals surface area contributed by atoms with E-state index in [4.69, 9.17) is 4.98 Å². The Kier molecular flexibility index (Phi) is 5.36. The summed E-state index contributed by atoms with van der Waals surface area (Å²) in [7, 11) is 0. The summed E-state index contributed by atoms with van der Waals surface area (Å²) < 4.78 is 2.28. The van der Waals surface area contributed by atoms with Gasteiger partial charge in [0.2, 0.25) is 0 Å². The van der Waals surface area contributed by atoms with Gasteiger partial charge in [0.15, 0.2) is 0 Å². The Balaban J connectivity index is 1.55. The van der Waals surface area contributed by atoms with Gasteiger partial charge < -0.3 is 9.47 Å². The third-order valence-electron chi connectivity index (χ3n) is 6.03. The molecule has 0 atom stereocenters. The molecule has 0 fully saturated rings. The molecule has 4 aromatic rings. The number of amides is 1. The molecule has 32 heavy (non-hydrogen) atoms. The number of benzene rings is 3. The van der Waals surface area contributed by atoms with Crippen LogP contribution in [0.3, 0.4) is 0 Å². The minimum Gasteiger partial charge on any atom is -0.326 e. The molecule has 0 aliphatic carbocycles. The maximum atomic E-state index is 13.6. The maximum absolute atomic E-state index is 13.6. The van der Waals surface area contributed by atoms with Crippen LogP contribution < -0.4 is 4.90 Å². The molecule has 0 spiro atoms. The Morgan fingerprint density at radius 2 is 1.62 bits per heavy atom. The molecular formula is C28H27N3O. The molecule has 5 rings (SSSR count). The van der Waals surface area contributed by atoms with E-state index in [0.717, 1.165) is 52.2 Å². The van der Waals surface area contributed by atoms with Crippen molar-refractivity contribution in [2.24, 2.45) is 5.92 Å². The van der Waals surface area contributed by atoms with E-state index in [1.165, 1.54) is 0 Å². The van der Waals surface area contributed by atoms with Crippen molar-refractivity contribution in [1.29, 1.82) is 0 Å². The van der Waals surface area contributed by atoms with Crippen LogP contribution in [0.4, 0.5) is 5.69 Å². The van der Waals surface area contributed by atoms with Crippen LogP contribution in [-0.4, -0.2) is 15.5 Å². The molecule has 1 aromatic heterocycles. The molecule has 2 heterocycles. The number of anilines is 1. The molecule has 0 bridgehead atoms. The van der Waals surface area contributed by atoms with E-state index < -0.39 is 0 Å². The average Bonchev–Trinajstić information content (AvgIpc) is 3.29. The van der Waals surface area contributed by atoms with Crippen molar-refractivity contribution in [2.75, 3.05) is 4.90 Å². The van der Waals surface area contributed by atoms with E-state index in [1.54, 1.807) is 0 Å². The Morgan fingerprint density at radius 3 is 2.44 bits per heavy atom. The summed E-state index contributed by atoms with van der Waals surface area (Å²) in [6.07, 6.45) is 3.06. The van der Waals surface area contributed by atoms with Gasteiger partial charge in [0.05, 0.1) is 23.3 Å². The number of rotatable bonds is 6. The Hall–Kier alpha value is -3.66. The van der Waals surface area contributed by atoms with Crippen LogP contribution in [0.1, 0.15) is 37.2 Å². The van der Waals surface area contributed by atoms with Crippen molar-refractivity contribution in [1.82, 2.24) is 9.55 Å². The molecule has 4 nitrogen and oxygen atoms in total. The van der Waals surface area contributed by atoms with E-state index >= 15 is 0 Å². The van der Waals surface area contributed by atoms with Gasteiger partial charge in [-0.15, -0.1) is 0 Å². The zero-order valence-corrected chi connectivity index (χ0v) is 18.5. The number of fused-ring (bicyclic) bond motifs is 2. The van der Waals surface area contributed by atoms with Gasteiger partial charge in [-0.25, -0.2) is 4.98 Å². The predicted octanol–water partition coefficient (Wildman–Crippen LogP) is 6.17. The van der Waals surface area contributed by atoms with E-state index in [-0.39, 0.29) is 5.91 Å². The molecule has 0 radical (unpaired) electrons. The molecule has 0 saturated carbocycles. The van der Waals surface area contributed by atoms with Crippen molar-refractivity contribution in [3.63, 3.8) is 0 Å². The van der Waals surface area contributed by atoms with Gasteiger partial charge >= 0.3 is 0 Å². The highest BCUT2D eigenvalue weighted by Crippen LogP contribution is 2.38. The number of carbonyl (C=O) groups excluding carboxylic acids is 1. The number of aromatic nitrogens is 2. The largest absolute Gasteiger partial charge is 0.326 e. The second-order valence-electron chi connectivity index (χ2n) is 8.73.